The lowest BCUT2D eigenvalue weighted by Gasteiger charge is -2.25. The minimum absolute atomic E-state index is 0.132. The molecule has 202 valence electrons. The van der Waals surface area contributed by atoms with Gasteiger partial charge < -0.3 is 25.4 Å². The molecule has 9 heteroatoms. The molecule has 0 spiro atoms. The number of aryl methyl sites for hydroxylation is 2. The SMILES string of the molecule is CC(C)OCCN(CCCCc1ccc2c(n1)NCCC2)CCC(NC(=O)c1ccccc1Cl)C(=O)O. The van der Waals surface area contributed by atoms with E-state index in [9.17, 15) is 14.7 Å². The molecule has 0 bridgehead atoms. The van der Waals surface area contributed by atoms with Gasteiger partial charge in [-0.25, -0.2) is 9.78 Å². The molecule has 0 radical (unpaired) electrons. The van der Waals surface area contributed by atoms with Crippen LogP contribution >= 0.6 is 11.6 Å². The van der Waals surface area contributed by atoms with E-state index < -0.39 is 17.9 Å². The summed E-state index contributed by atoms with van der Waals surface area (Å²) in [7, 11) is 0. The average molecular weight is 531 g/mol. The molecule has 1 unspecified atom stereocenters. The summed E-state index contributed by atoms with van der Waals surface area (Å²) in [5.74, 6) is -0.527. The Kier molecular flexibility index (Phi) is 11.6. The van der Waals surface area contributed by atoms with Gasteiger partial charge in [-0.3, -0.25) is 4.79 Å². The summed E-state index contributed by atoms with van der Waals surface area (Å²) in [4.78, 5) is 31.5. The number of rotatable bonds is 15. The standard InChI is InChI=1S/C28H39ClN4O4/c1-20(2)37-19-18-33(16-6-5-9-22-13-12-21-8-7-15-30-26(21)31-22)17-14-25(28(35)36)32-27(34)23-10-3-4-11-24(23)29/h3-4,10-13,20,25H,5-9,14-19H2,1-2H3,(H,30,31)(H,32,34)(H,35,36). The van der Waals surface area contributed by atoms with Crippen molar-refractivity contribution < 1.29 is 19.4 Å². The van der Waals surface area contributed by atoms with Crippen molar-refractivity contribution in [2.75, 3.05) is 38.1 Å². The van der Waals surface area contributed by atoms with Gasteiger partial charge >= 0.3 is 5.97 Å². The van der Waals surface area contributed by atoms with E-state index in [1.807, 2.05) is 13.8 Å². The first-order chi connectivity index (χ1) is 17.8. The van der Waals surface area contributed by atoms with Crippen LogP contribution in [0.3, 0.4) is 0 Å². The lowest BCUT2D eigenvalue weighted by Crippen LogP contribution is -2.43. The van der Waals surface area contributed by atoms with Crippen LogP contribution in [0.2, 0.25) is 5.02 Å². The zero-order valence-electron chi connectivity index (χ0n) is 21.8. The normalized spacial score (nSPS) is 13.8. The number of ether oxygens (including phenoxy) is 1. The number of anilines is 1. The second-order valence-corrected chi connectivity index (χ2v) is 10.1. The molecular formula is C28H39ClN4O4. The molecule has 0 saturated carbocycles. The van der Waals surface area contributed by atoms with Crippen molar-refractivity contribution >= 4 is 29.3 Å². The van der Waals surface area contributed by atoms with Crippen LogP contribution in [-0.4, -0.2) is 71.8 Å². The summed E-state index contributed by atoms with van der Waals surface area (Å²) in [6, 6.07) is 9.91. The van der Waals surface area contributed by atoms with Gasteiger partial charge in [-0.15, -0.1) is 0 Å². The second kappa shape index (κ2) is 14.9. The Labute approximate surface area is 224 Å². The third kappa shape index (κ3) is 9.61. The Morgan fingerprint density at radius 2 is 1.97 bits per heavy atom. The Hall–Kier alpha value is -2.68. The van der Waals surface area contributed by atoms with Crippen LogP contribution in [0.5, 0.6) is 0 Å². The highest BCUT2D eigenvalue weighted by molar-refractivity contribution is 6.33. The van der Waals surface area contributed by atoms with Gasteiger partial charge in [0.05, 0.1) is 23.3 Å². The second-order valence-electron chi connectivity index (χ2n) is 9.69. The van der Waals surface area contributed by atoms with Crippen LogP contribution in [-0.2, 0) is 22.4 Å². The molecular weight excluding hydrogens is 492 g/mol. The molecule has 0 fully saturated rings. The van der Waals surface area contributed by atoms with Gasteiger partial charge in [0.25, 0.3) is 5.91 Å². The maximum atomic E-state index is 12.6. The Morgan fingerprint density at radius 1 is 1.16 bits per heavy atom. The molecule has 8 nitrogen and oxygen atoms in total. The number of nitrogens with zero attached hydrogens (tertiary/aromatic N) is 2. The smallest absolute Gasteiger partial charge is 0.326 e. The molecule has 1 atom stereocenters. The van der Waals surface area contributed by atoms with E-state index in [0.29, 0.717) is 24.7 Å². The largest absolute Gasteiger partial charge is 0.480 e. The van der Waals surface area contributed by atoms with Gasteiger partial charge in [0.15, 0.2) is 0 Å². The number of unbranched alkanes of at least 4 members (excludes halogenated alkanes) is 1. The van der Waals surface area contributed by atoms with Crippen LogP contribution in [0, 0.1) is 0 Å². The first-order valence-electron chi connectivity index (χ1n) is 13.2. The van der Waals surface area contributed by atoms with Crippen molar-refractivity contribution in [3.63, 3.8) is 0 Å². The summed E-state index contributed by atoms with van der Waals surface area (Å²) in [6.07, 6.45) is 5.49. The molecule has 1 aliphatic rings. The summed E-state index contributed by atoms with van der Waals surface area (Å²) < 4.78 is 5.73. The fraction of sp³-hybridized carbons (Fsp3) is 0.536. The minimum atomic E-state index is -1.06. The predicted molar refractivity (Wildman–Crippen MR) is 146 cm³/mol. The van der Waals surface area contributed by atoms with E-state index in [1.54, 1.807) is 24.3 Å². The Bertz CT molecular complexity index is 1030. The topological polar surface area (TPSA) is 104 Å². The maximum Gasteiger partial charge on any atom is 0.326 e. The van der Waals surface area contributed by atoms with Crippen LogP contribution in [0.15, 0.2) is 36.4 Å². The van der Waals surface area contributed by atoms with E-state index in [0.717, 1.165) is 56.7 Å². The third-order valence-corrected chi connectivity index (χ3v) is 6.75. The number of halogens is 1. The molecule has 1 aliphatic heterocycles. The van der Waals surface area contributed by atoms with Gasteiger partial charge in [-0.2, -0.15) is 0 Å². The number of pyridine rings is 1. The Morgan fingerprint density at radius 3 is 2.73 bits per heavy atom. The van der Waals surface area contributed by atoms with Gasteiger partial charge in [-0.1, -0.05) is 29.8 Å². The molecule has 3 rings (SSSR count). The number of carboxylic acids is 1. The lowest BCUT2D eigenvalue weighted by molar-refractivity contribution is -0.139. The first-order valence-corrected chi connectivity index (χ1v) is 13.6. The van der Waals surface area contributed by atoms with Crippen molar-refractivity contribution in [3.8, 4) is 0 Å². The highest BCUT2D eigenvalue weighted by Gasteiger charge is 2.22. The molecule has 2 aromatic rings. The number of hydrogen-bond donors (Lipinski definition) is 3. The number of carbonyl (C=O) groups excluding carboxylic acids is 1. The highest BCUT2D eigenvalue weighted by Crippen LogP contribution is 2.20. The summed E-state index contributed by atoms with van der Waals surface area (Å²) in [6.45, 7) is 7.58. The fourth-order valence-corrected chi connectivity index (χ4v) is 4.57. The average Bonchev–Trinajstić information content (AvgIpc) is 2.88. The number of carboxylic acid groups (broad SMARTS) is 1. The predicted octanol–water partition coefficient (Wildman–Crippen LogP) is 4.42. The molecule has 3 N–H and O–H groups in total. The van der Waals surface area contributed by atoms with Crippen molar-refractivity contribution in [2.24, 2.45) is 0 Å². The first kappa shape index (κ1) is 28.9. The van der Waals surface area contributed by atoms with Gasteiger partial charge in [0.1, 0.15) is 11.9 Å². The molecule has 1 amide bonds. The fourth-order valence-electron chi connectivity index (χ4n) is 4.35. The van der Waals surface area contributed by atoms with E-state index in [-0.39, 0.29) is 18.1 Å². The van der Waals surface area contributed by atoms with E-state index in [4.69, 9.17) is 21.3 Å². The van der Waals surface area contributed by atoms with Crippen LogP contribution < -0.4 is 10.6 Å². The monoisotopic (exact) mass is 530 g/mol. The number of hydrogen-bond acceptors (Lipinski definition) is 6. The van der Waals surface area contributed by atoms with E-state index in [2.05, 4.69) is 27.7 Å². The van der Waals surface area contributed by atoms with Crippen molar-refractivity contribution in [1.82, 2.24) is 15.2 Å². The minimum Gasteiger partial charge on any atom is -0.480 e. The summed E-state index contributed by atoms with van der Waals surface area (Å²) >= 11 is 6.10. The number of fused-ring (bicyclic) bond motifs is 1. The summed E-state index contributed by atoms with van der Waals surface area (Å²) in [5.41, 5.74) is 2.65. The molecule has 1 aromatic carbocycles. The number of nitrogens with one attached hydrogen (secondary N) is 2. The summed E-state index contributed by atoms with van der Waals surface area (Å²) in [5, 5.41) is 16.0. The van der Waals surface area contributed by atoms with Crippen LogP contribution in [0.4, 0.5) is 5.82 Å². The number of aromatic nitrogens is 1. The zero-order chi connectivity index (χ0) is 26.6. The number of amides is 1. The zero-order valence-corrected chi connectivity index (χ0v) is 22.6. The van der Waals surface area contributed by atoms with Crippen LogP contribution in [0.25, 0.3) is 0 Å². The van der Waals surface area contributed by atoms with Crippen molar-refractivity contribution in [2.45, 2.75) is 64.5 Å². The number of carbonyl (C=O) groups is 2. The quantitative estimate of drug-likeness (QED) is 0.293. The lowest BCUT2D eigenvalue weighted by atomic mass is 10.1. The van der Waals surface area contributed by atoms with E-state index in [1.165, 1.54) is 5.56 Å². The highest BCUT2D eigenvalue weighted by atomic mass is 35.5. The molecule has 1 aromatic heterocycles. The van der Waals surface area contributed by atoms with Gasteiger partial charge in [0.2, 0.25) is 0 Å². The number of aliphatic carboxylic acids is 1. The van der Waals surface area contributed by atoms with E-state index >= 15 is 0 Å². The van der Waals surface area contributed by atoms with Crippen molar-refractivity contribution in [1.29, 1.82) is 0 Å². The van der Waals surface area contributed by atoms with Gasteiger partial charge in [0, 0.05) is 25.3 Å². The molecule has 0 aliphatic carbocycles. The third-order valence-electron chi connectivity index (χ3n) is 6.42. The Balaban J connectivity index is 1.51. The number of benzene rings is 1. The van der Waals surface area contributed by atoms with Gasteiger partial charge in [-0.05, 0) is 82.7 Å². The van der Waals surface area contributed by atoms with Crippen molar-refractivity contribution in [3.05, 3.63) is 58.2 Å². The maximum absolute atomic E-state index is 12.6. The molecule has 37 heavy (non-hydrogen) atoms. The van der Waals surface area contributed by atoms with Crippen LogP contribution in [0.1, 0.15) is 61.1 Å². The molecule has 2 heterocycles. The molecule has 0 saturated heterocycles.